The van der Waals surface area contributed by atoms with Gasteiger partial charge in [-0.25, -0.2) is 8.78 Å². The summed E-state index contributed by atoms with van der Waals surface area (Å²) in [7, 11) is 0. The minimum atomic E-state index is -0.738. The van der Waals surface area contributed by atoms with Gasteiger partial charge >= 0.3 is 0 Å². The van der Waals surface area contributed by atoms with Gasteiger partial charge in [0.2, 0.25) is 0 Å². The number of halogens is 3. The minimum Gasteiger partial charge on any atom is -0.322 e. The van der Waals surface area contributed by atoms with Gasteiger partial charge in [-0.1, -0.05) is 12.1 Å². The smallest absolute Gasteiger partial charge is 0.256 e. The fourth-order valence-corrected chi connectivity index (χ4v) is 1.93. The highest BCUT2D eigenvalue weighted by Gasteiger charge is 2.10. The molecule has 2 rings (SSSR count). The van der Waals surface area contributed by atoms with Crippen LogP contribution in [0.25, 0.3) is 0 Å². The van der Waals surface area contributed by atoms with Crippen molar-refractivity contribution in [2.75, 3.05) is 5.32 Å². The van der Waals surface area contributed by atoms with Crippen molar-refractivity contribution in [2.45, 2.75) is 0 Å². The van der Waals surface area contributed by atoms with E-state index in [0.717, 1.165) is 18.2 Å². The van der Waals surface area contributed by atoms with Gasteiger partial charge in [0.05, 0.1) is 5.56 Å². The lowest BCUT2D eigenvalue weighted by Gasteiger charge is -2.07. The summed E-state index contributed by atoms with van der Waals surface area (Å²) < 4.78 is 26.5. The molecule has 2 aromatic carbocycles. The topological polar surface area (TPSA) is 29.1 Å². The Balaban J connectivity index is 2.24. The Labute approximate surface area is 111 Å². The first-order chi connectivity index (χ1) is 8.56. The first kappa shape index (κ1) is 12.7. The van der Waals surface area contributed by atoms with Gasteiger partial charge in [0.1, 0.15) is 11.6 Å². The summed E-state index contributed by atoms with van der Waals surface area (Å²) in [4.78, 5) is 11.9. The molecule has 0 aliphatic carbocycles. The summed E-state index contributed by atoms with van der Waals surface area (Å²) in [6.07, 6.45) is 0. The van der Waals surface area contributed by atoms with E-state index < -0.39 is 17.5 Å². The number of rotatable bonds is 2. The van der Waals surface area contributed by atoms with E-state index in [-0.39, 0.29) is 5.69 Å². The number of carbonyl (C=O) groups is 1. The monoisotopic (exact) mass is 311 g/mol. The van der Waals surface area contributed by atoms with Crippen LogP contribution in [0.3, 0.4) is 0 Å². The molecule has 0 aromatic heterocycles. The second-order valence-electron chi connectivity index (χ2n) is 3.59. The van der Waals surface area contributed by atoms with Crippen molar-refractivity contribution in [1.29, 1.82) is 0 Å². The fraction of sp³-hybridized carbons (Fsp3) is 0. The Morgan fingerprint density at radius 1 is 1.06 bits per heavy atom. The third kappa shape index (κ3) is 2.92. The molecule has 2 aromatic rings. The molecule has 5 heteroatoms. The van der Waals surface area contributed by atoms with E-state index in [1.165, 1.54) is 0 Å². The van der Waals surface area contributed by atoms with E-state index in [0.29, 0.717) is 10.0 Å². The van der Waals surface area contributed by atoms with Crippen molar-refractivity contribution in [3.05, 3.63) is 64.1 Å². The van der Waals surface area contributed by atoms with Crippen molar-refractivity contribution in [2.24, 2.45) is 0 Å². The molecule has 0 fully saturated rings. The number of benzene rings is 2. The highest BCUT2D eigenvalue weighted by Crippen LogP contribution is 2.19. The number of hydrogen-bond acceptors (Lipinski definition) is 1. The number of hydrogen-bond donors (Lipinski definition) is 1. The summed E-state index contributed by atoms with van der Waals surface area (Å²) >= 11 is 3.23. The SMILES string of the molecule is O=C(Nc1cc(F)cc(F)c1)c1ccccc1Br. The van der Waals surface area contributed by atoms with Gasteiger partial charge in [0, 0.05) is 16.2 Å². The minimum absolute atomic E-state index is 0.0771. The first-order valence-corrected chi connectivity index (χ1v) is 5.87. The quantitative estimate of drug-likeness (QED) is 0.893. The molecule has 0 heterocycles. The Morgan fingerprint density at radius 2 is 1.67 bits per heavy atom. The molecular formula is C13H8BrF2NO. The Bertz CT molecular complexity index is 581. The lowest BCUT2D eigenvalue weighted by Crippen LogP contribution is -2.12. The van der Waals surface area contributed by atoms with Crippen LogP contribution in [0.15, 0.2) is 46.9 Å². The summed E-state index contributed by atoms with van der Waals surface area (Å²) in [5.41, 5.74) is 0.468. The van der Waals surface area contributed by atoms with Gasteiger partial charge in [0.15, 0.2) is 0 Å². The zero-order valence-electron chi connectivity index (χ0n) is 9.08. The van der Waals surface area contributed by atoms with Crippen molar-refractivity contribution >= 4 is 27.5 Å². The molecule has 0 saturated heterocycles. The third-order valence-electron chi connectivity index (χ3n) is 2.24. The molecule has 1 N–H and O–H groups in total. The average Bonchev–Trinajstić information content (AvgIpc) is 2.27. The van der Waals surface area contributed by atoms with Crippen LogP contribution in [0.5, 0.6) is 0 Å². The summed E-state index contributed by atoms with van der Waals surface area (Å²) in [6.45, 7) is 0. The van der Waals surface area contributed by atoms with Crippen molar-refractivity contribution < 1.29 is 13.6 Å². The Morgan fingerprint density at radius 3 is 2.28 bits per heavy atom. The molecule has 0 bridgehead atoms. The lowest BCUT2D eigenvalue weighted by atomic mass is 10.2. The second-order valence-corrected chi connectivity index (χ2v) is 4.45. The van der Waals surface area contributed by atoms with Gasteiger partial charge in [0.25, 0.3) is 5.91 Å². The van der Waals surface area contributed by atoms with Crippen LogP contribution in [0.2, 0.25) is 0 Å². The van der Waals surface area contributed by atoms with Gasteiger partial charge in [-0.2, -0.15) is 0 Å². The van der Waals surface area contributed by atoms with Crippen LogP contribution in [-0.2, 0) is 0 Å². The van der Waals surface area contributed by atoms with E-state index in [2.05, 4.69) is 21.2 Å². The molecule has 18 heavy (non-hydrogen) atoms. The molecule has 2 nitrogen and oxygen atoms in total. The summed E-state index contributed by atoms with van der Waals surface area (Å²) in [5, 5.41) is 2.43. The van der Waals surface area contributed by atoms with Gasteiger partial charge in [-0.05, 0) is 40.2 Å². The maximum absolute atomic E-state index is 13.0. The van der Waals surface area contributed by atoms with E-state index in [1.54, 1.807) is 24.3 Å². The zero-order chi connectivity index (χ0) is 13.1. The number of amides is 1. The van der Waals surface area contributed by atoms with Crippen LogP contribution < -0.4 is 5.32 Å². The van der Waals surface area contributed by atoms with E-state index in [1.807, 2.05) is 0 Å². The second kappa shape index (κ2) is 5.27. The molecule has 0 aliphatic heterocycles. The summed E-state index contributed by atoms with van der Waals surface area (Å²) in [5.74, 6) is -1.91. The molecule has 1 amide bonds. The summed E-state index contributed by atoms with van der Waals surface area (Å²) in [6, 6.07) is 9.63. The standard InChI is InChI=1S/C13H8BrF2NO/c14-12-4-2-1-3-11(12)13(18)17-10-6-8(15)5-9(16)7-10/h1-7H,(H,17,18). The van der Waals surface area contributed by atoms with E-state index in [9.17, 15) is 13.6 Å². The molecule has 92 valence electrons. The van der Waals surface area contributed by atoms with Crippen LogP contribution in [0.1, 0.15) is 10.4 Å². The van der Waals surface area contributed by atoms with Crippen LogP contribution in [0.4, 0.5) is 14.5 Å². The largest absolute Gasteiger partial charge is 0.322 e. The zero-order valence-corrected chi connectivity index (χ0v) is 10.7. The van der Waals surface area contributed by atoms with Crippen LogP contribution in [0, 0.1) is 11.6 Å². The van der Waals surface area contributed by atoms with Gasteiger partial charge in [-0.15, -0.1) is 0 Å². The van der Waals surface area contributed by atoms with Crippen molar-refractivity contribution in [1.82, 2.24) is 0 Å². The maximum Gasteiger partial charge on any atom is 0.256 e. The van der Waals surface area contributed by atoms with Gasteiger partial charge in [-0.3, -0.25) is 4.79 Å². The number of anilines is 1. The molecule has 0 saturated carbocycles. The highest BCUT2D eigenvalue weighted by atomic mass is 79.9. The molecule has 0 unspecified atom stereocenters. The van der Waals surface area contributed by atoms with Crippen molar-refractivity contribution in [3.8, 4) is 0 Å². The third-order valence-corrected chi connectivity index (χ3v) is 2.93. The predicted octanol–water partition coefficient (Wildman–Crippen LogP) is 3.98. The van der Waals surface area contributed by atoms with Crippen LogP contribution >= 0.6 is 15.9 Å². The fourth-order valence-electron chi connectivity index (χ4n) is 1.47. The van der Waals surface area contributed by atoms with E-state index in [4.69, 9.17) is 0 Å². The number of nitrogens with one attached hydrogen (secondary N) is 1. The first-order valence-electron chi connectivity index (χ1n) is 5.08. The normalized spacial score (nSPS) is 10.2. The molecule has 0 atom stereocenters. The molecule has 0 radical (unpaired) electrons. The molecular weight excluding hydrogens is 304 g/mol. The van der Waals surface area contributed by atoms with Crippen LogP contribution in [-0.4, -0.2) is 5.91 Å². The maximum atomic E-state index is 13.0. The predicted molar refractivity (Wildman–Crippen MR) is 68.5 cm³/mol. The lowest BCUT2D eigenvalue weighted by molar-refractivity contribution is 0.102. The molecule has 0 aliphatic rings. The Hall–Kier alpha value is -1.75. The highest BCUT2D eigenvalue weighted by molar-refractivity contribution is 9.10. The van der Waals surface area contributed by atoms with Crippen molar-refractivity contribution in [3.63, 3.8) is 0 Å². The number of carbonyl (C=O) groups excluding carboxylic acids is 1. The molecule has 0 spiro atoms. The van der Waals surface area contributed by atoms with E-state index >= 15 is 0 Å². The Kier molecular flexibility index (Phi) is 3.72. The average molecular weight is 312 g/mol. The van der Waals surface area contributed by atoms with Gasteiger partial charge < -0.3 is 5.32 Å².